The Bertz CT molecular complexity index is 226. The van der Waals surface area contributed by atoms with E-state index < -0.39 is 18.5 Å². The lowest BCUT2D eigenvalue weighted by molar-refractivity contribution is -0.162. The van der Waals surface area contributed by atoms with Crippen LogP contribution in [0.15, 0.2) is 0 Å². The number of likely N-dealkylation sites (tertiary alicyclic amines) is 1. The molecular formula is C16H34F3NO2. The van der Waals surface area contributed by atoms with E-state index in [-0.39, 0.29) is 0 Å². The van der Waals surface area contributed by atoms with Gasteiger partial charge in [-0.25, -0.2) is 0 Å². The van der Waals surface area contributed by atoms with Crippen molar-refractivity contribution in [3.05, 3.63) is 0 Å². The third-order valence-electron chi connectivity index (χ3n) is 2.56. The molecule has 0 unspecified atom stereocenters. The molecule has 0 aliphatic carbocycles. The summed E-state index contributed by atoms with van der Waals surface area (Å²) in [7, 11) is 1.00. The summed E-state index contributed by atoms with van der Waals surface area (Å²) >= 11 is 0. The molecule has 0 saturated carbocycles. The van der Waals surface area contributed by atoms with E-state index in [0.29, 0.717) is 13.1 Å². The van der Waals surface area contributed by atoms with E-state index in [2.05, 4.69) is 27.7 Å². The minimum Gasteiger partial charge on any atom is -0.400 e. The number of halogens is 3. The average Bonchev–Trinajstić information content (AvgIpc) is 2.49. The molecule has 0 atom stereocenters. The van der Waals surface area contributed by atoms with Crippen molar-refractivity contribution in [3.8, 4) is 0 Å². The highest BCUT2D eigenvalue weighted by atomic mass is 19.4. The lowest BCUT2D eigenvalue weighted by Crippen LogP contribution is -2.37. The van der Waals surface area contributed by atoms with Crippen LogP contribution in [0.2, 0.25) is 0 Å². The Kier molecular flexibility index (Phi) is 21.7. The molecule has 0 aromatic carbocycles. The fourth-order valence-corrected chi connectivity index (χ4v) is 1.43. The van der Waals surface area contributed by atoms with Crippen LogP contribution in [0.3, 0.4) is 0 Å². The lowest BCUT2D eigenvalue weighted by Gasteiger charge is -2.27. The van der Waals surface area contributed by atoms with Crippen LogP contribution in [-0.4, -0.2) is 42.3 Å². The number of aliphatic hydroxyl groups excluding tert-OH is 1. The zero-order valence-electron chi connectivity index (χ0n) is 14.8. The van der Waals surface area contributed by atoms with Gasteiger partial charge in [0.2, 0.25) is 5.91 Å². The highest BCUT2D eigenvalue weighted by Gasteiger charge is 2.33. The van der Waals surface area contributed by atoms with Crippen molar-refractivity contribution in [2.24, 2.45) is 0 Å². The average molecular weight is 329 g/mol. The molecule has 0 radical (unpaired) electrons. The van der Waals surface area contributed by atoms with Gasteiger partial charge in [-0.2, -0.15) is 13.2 Å². The lowest BCUT2D eigenvalue weighted by atomic mass is 10.1. The standard InChI is InChI=1S/C8H12F3NO.C4H10.C3H8.CH4O/c9-8(10,11)6-7(13)12-4-2-1-3-5-12;1-3-4-2;1-3-2;1-2/h1-6H2;3-4H2,1-2H3;3H2,1-2H3;2H,1H3. The predicted molar refractivity (Wildman–Crippen MR) is 85.8 cm³/mol. The summed E-state index contributed by atoms with van der Waals surface area (Å²) in [5, 5.41) is 7.00. The second-order valence-electron chi connectivity index (χ2n) is 4.94. The van der Waals surface area contributed by atoms with Crippen molar-refractivity contribution >= 4 is 5.91 Å². The first-order valence-corrected chi connectivity index (χ1v) is 8.11. The van der Waals surface area contributed by atoms with Gasteiger partial charge in [0, 0.05) is 20.2 Å². The summed E-state index contributed by atoms with van der Waals surface area (Å²) in [5.74, 6) is -0.785. The Morgan fingerprint density at radius 2 is 1.32 bits per heavy atom. The topological polar surface area (TPSA) is 40.5 Å². The van der Waals surface area contributed by atoms with Crippen LogP contribution in [-0.2, 0) is 4.79 Å². The molecule has 1 N–H and O–H groups in total. The van der Waals surface area contributed by atoms with Gasteiger partial charge >= 0.3 is 6.18 Å². The number of alkyl halides is 3. The zero-order chi connectivity index (χ0) is 18.0. The SMILES string of the molecule is CCC.CCCC.CO.O=C(CC(F)(F)F)N1CCCCC1. The first kappa shape index (κ1) is 26.1. The van der Waals surface area contributed by atoms with Crippen molar-refractivity contribution in [2.45, 2.75) is 78.8 Å². The molecule has 136 valence electrons. The highest BCUT2D eigenvalue weighted by molar-refractivity contribution is 5.76. The van der Waals surface area contributed by atoms with E-state index in [1.165, 1.54) is 24.2 Å². The smallest absolute Gasteiger partial charge is 0.397 e. The zero-order valence-corrected chi connectivity index (χ0v) is 14.8. The van der Waals surface area contributed by atoms with E-state index in [9.17, 15) is 18.0 Å². The van der Waals surface area contributed by atoms with Crippen LogP contribution < -0.4 is 0 Å². The minimum absolute atomic E-state index is 0.481. The largest absolute Gasteiger partial charge is 0.400 e. The highest BCUT2D eigenvalue weighted by Crippen LogP contribution is 2.21. The molecular weight excluding hydrogens is 295 g/mol. The van der Waals surface area contributed by atoms with Crippen LogP contribution in [0, 0.1) is 0 Å². The third kappa shape index (κ3) is 21.5. The predicted octanol–water partition coefficient (Wildman–Crippen LogP) is 4.78. The van der Waals surface area contributed by atoms with E-state index in [4.69, 9.17) is 5.11 Å². The molecule has 0 spiro atoms. The molecule has 0 aromatic heterocycles. The second kappa shape index (κ2) is 18.3. The Labute approximate surface area is 133 Å². The first-order valence-electron chi connectivity index (χ1n) is 8.11. The number of rotatable bonds is 2. The van der Waals surface area contributed by atoms with Gasteiger partial charge in [0.15, 0.2) is 0 Å². The van der Waals surface area contributed by atoms with E-state index >= 15 is 0 Å². The van der Waals surface area contributed by atoms with Crippen LogP contribution in [0.4, 0.5) is 13.2 Å². The molecule has 0 aromatic rings. The molecule has 6 heteroatoms. The summed E-state index contributed by atoms with van der Waals surface area (Å²) in [6, 6.07) is 0. The van der Waals surface area contributed by atoms with Gasteiger partial charge < -0.3 is 10.0 Å². The maximum atomic E-state index is 11.8. The van der Waals surface area contributed by atoms with Crippen molar-refractivity contribution in [3.63, 3.8) is 0 Å². The molecule has 3 nitrogen and oxygen atoms in total. The van der Waals surface area contributed by atoms with Gasteiger partial charge in [0.25, 0.3) is 0 Å². The normalized spacial score (nSPS) is 13.6. The van der Waals surface area contributed by atoms with Gasteiger partial charge in [0.05, 0.1) is 0 Å². The Morgan fingerprint density at radius 3 is 1.59 bits per heavy atom. The molecule has 1 rings (SSSR count). The summed E-state index contributed by atoms with van der Waals surface area (Å²) in [6.07, 6.45) is 0.866. The number of nitrogens with zero attached hydrogens (tertiary/aromatic N) is 1. The number of hydrogen-bond acceptors (Lipinski definition) is 2. The van der Waals surface area contributed by atoms with E-state index in [1.54, 1.807) is 0 Å². The van der Waals surface area contributed by atoms with Crippen molar-refractivity contribution in [1.29, 1.82) is 0 Å². The molecule has 1 amide bonds. The number of unbranched alkanes of at least 4 members (excludes halogenated alkanes) is 1. The summed E-state index contributed by atoms with van der Waals surface area (Å²) in [4.78, 5) is 12.3. The Morgan fingerprint density at radius 1 is 0.955 bits per heavy atom. The number of piperidine rings is 1. The number of aliphatic hydroxyl groups is 1. The first-order chi connectivity index (χ1) is 10.3. The third-order valence-corrected chi connectivity index (χ3v) is 2.56. The van der Waals surface area contributed by atoms with Gasteiger partial charge in [-0.05, 0) is 19.3 Å². The minimum atomic E-state index is -4.37. The molecule has 22 heavy (non-hydrogen) atoms. The second-order valence-corrected chi connectivity index (χ2v) is 4.94. The van der Waals surface area contributed by atoms with E-state index in [1.807, 2.05) is 0 Å². The number of carbonyl (C=O) groups is 1. The number of carbonyl (C=O) groups excluding carboxylic acids is 1. The van der Waals surface area contributed by atoms with Crippen LogP contribution >= 0.6 is 0 Å². The van der Waals surface area contributed by atoms with Crippen molar-refractivity contribution in [1.82, 2.24) is 4.90 Å². The molecule has 1 saturated heterocycles. The van der Waals surface area contributed by atoms with Gasteiger partial charge in [-0.3, -0.25) is 4.79 Å². The maximum absolute atomic E-state index is 11.8. The van der Waals surface area contributed by atoms with Crippen LogP contribution in [0.5, 0.6) is 0 Å². The van der Waals surface area contributed by atoms with E-state index in [0.717, 1.165) is 26.4 Å². The molecule has 1 heterocycles. The van der Waals surface area contributed by atoms with Crippen LogP contribution in [0.25, 0.3) is 0 Å². The quantitative estimate of drug-likeness (QED) is 0.792. The molecule has 0 bridgehead atoms. The maximum Gasteiger partial charge on any atom is 0.397 e. The monoisotopic (exact) mass is 329 g/mol. The van der Waals surface area contributed by atoms with Gasteiger partial charge in [-0.1, -0.05) is 47.0 Å². The number of amides is 1. The fourth-order valence-electron chi connectivity index (χ4n) is 1.43. The summed E-state index contributed by atoms with van der Waals surface area (Å²) in [6.45, 7) is 9.57. The summed E-state index contributed by atoms with van der Waals surface area (Å²) in [5.41, 5.74) is 0. The Hall–Kier alpha value is -0.780. The molecule has 1 fully saturated rings. The van der Waals surface area contributed by atoms with Crippen molar-refractivity contribution in [2.75, 3.05) is 20.2 Å². The Balaban J connectivity index is -0.000000336. The summed E-state index contributed by atoms with van der Waals surface area (Å²) < 4.78 is 35.4. The van der Waals surface area contributed by atoms with Crippen molar-refractivity contribution < 1.29 is 23.1 Å². The fraction of sp³-hybridized carbons (Fsp3) is 0.938. The molecule has 1 aliphatic heterocycles. The van der Waals surface area contributed by atoms with Gasteiger partial charge in [-0.15, -0.1) is 0 Å². The molecule has 1 aliphatic rings. The van der Waals surface area contributed by atoms with Gasteiger partial charge in [0.1, 0.15) is 6.42 Å². The number of hydrogen-bond donors (Lipinski definition) is 1. The van der Waals surface area contributed by atoms with Crippen LogP contribution in [0.1, 0.15) is 72.6 Å².